The van der Waals surface area contributed by atoms with Crippen LogP contribution in [-0.4, -0.2) is 25.3 Å². The smallest absolute Gasteiger partial charge is 0.264 e. The van der Waals surface area contributed by atoms with E-state index >= 15 is 0 Å². The van der Waals surface area contributed by atoms with E-state index in [-0.39, 0.29) is 5.91 Å². The largest absolute Gasteiger partial charge is 0.497 e. The van der Waals surface area contributed by atoms with Crippen molar-refractivity contribution in [3.63, 3.8) is 0 Å². The zero-order chi connectivity index (χ0) is 24.1. The number of benzene rings is 3. The summed E-state index contributed by atoms with van der Waals surface area (Å²) in [6.07, 6.45) is 1.80. The monoisotopic (exact) mass is 606 g/mol. The maximum Gasteiger partial charge on any atom is 0.264 e. The Balaban J connectivity index is 1.53. The summed E-state index contributed by atoms with van der Waals surface area (Å²) in [6, 6.07) is 18.6. The standard InChI is InChI=1S/C25H20ClIN2O4S/c1-31-18-9-7-17(8-10-18)28-25-29-24(30)22(34-25)13-15-11-20(27)23(21(12-15)32-2)33-14-16-5-3-4-6-19(16)26/h3-13H,14H2,1-2H3,(H,28,29,30)/b22-13-. The Hall–Kier alpha value is -2.69. The maximum atomic E-state index is 12.5. The minimum absolute atomic E-state index is 0.203. The Morgan fingerprint density at radius 3 is 2.56 bits per heavy atom. The van der Waals surface area contributed by atoms with Gasteiger partial charge in [-0.05, 0) is 88.5 Å². The van der Waals surface area contributed by atoms with Gasteiger partial charge in [0.25, 0.3) is 5.91 Å². The molecule has 1 saturated heterocycles. The second-order valence-corrected chi connectivity index (χ2v) is 9.69. The number of aliphatic imine (C=N–C) groups is 1. The quantitative estimate of drug-likeness (QED) is 0.248. The number of amides is 1. The second kappa shape index (κ2) is 11.2. The molecular formula is C25H20ClIN2O4S. The van der Waals surface area contributed by atoms with Crippen LogP contribution in [0.4, 0.5) is 5.69 Å². The van der Waals surface area contributed by atoms with Crippen molar-refractivity contribution >= 4 is 68.8 Å². The average molecular weight is 607 g/mol. The van der Waals surface area contributed by atoms with Crippen molar-refractivity contribution in [3.05, 3.63) is 85.3 Å². The Labute approximate surface area is 220 Å². The number of halogens is 2. The molecule has 1 aliphatic heterocycles. The van der Waals surface area contributed by atoms with Gasteiger partial charge in [0.1, 0.15) is 12.4 Å². The first kappa shape index (κ1) is 24.4. The molecule has 0 spiro atoms. The van der Waals surface area contributed by atoms with E-state index in [2.05, 4.69) is 32.9 Å². The molecule has 1 fully saturated rings. The molecular weight excluding hydrogens is 587 g/mol. The number of nitrogens with one attached hydrogen (secondary N) is 1. The van der Waals surface area contributed by atoms with Gasteiger partial charge >= 0.3 is 0 Å². The van der Waals surface area contributed by atoms with Gasteiger partial charge in [-0.1, -0.05) is 29.8 Å². The van der Waals surface area contributed by atoms with E-state index in [1.54, 1.807) is 20.3 Å². The van der Waals surface area contributed by atoms with E-state index < -0.39 is 0 Å². The Morgan fingerprint density at radius 1 is 1.09 bits per heavy atom. The van der Waals surface area contributed by atoms with Crippen LogP contribution in [0, 0.1) is 3.57 Å². The fourth-order valence-corrected chi connectivity index (χ4v) is 4.95. The van der Waals surface area contributed by atoms with Gasteiger partial charge in [0, 0.05) is 10.6 Å². The van der Waals surface area contributed by atoms with Crippen molar-refractivity contribution in [2.45, 2.75) is 6.61 Å². The summed E-state index contributed by atoms with van der Waals surface area (Å²) in [7, 11) is 3.19. The molecule has 0 atom stereocenters. The zero-order valence-corrected chi connectivity index (χ0v) is 22.0. The lowest BCUT2D eigenvalue weighted by Gasteiger charge is -2.14. The van der Waals surface area contributed by atoms with Gasteiger partial charge < -0.3 is 19.5 Å². The highest BCUT2D eigenvalue weighted by atomic mass is 127. The summed E-state index contributed by atoms with van der Waals surface area (Å²) in [5, 5.41) is 3.97. The Morgan fingerprint density at radius 2 is 1.85 bits per heavy atom. The fraction of sp³-hybridized carbons (Fsp3) is 0.120. The Bertz CT molecular complexity index is 1280. The number of carbonyl (C=O) groups excluding carboxylic acids is 1. The third kappa shape index (κ3) is 5.86. The molecule has 0 saturated carbocycles. The van der Waals surface area contributed by atoms with Crippen LogP contribution in [0.1, 0.15) is 11.1 Å². The molecule has 0 aliphatic carbocycles. The highest BCUT2D eigenvalue weighted by Crippen LogP contribution is 2.37. The lowest BCUT2D eigenvalue weighted by atomic mass is 10.2. The maximum absolute atomic E-state index is 12.5. The van der Waals surface area contributed by atoms with E-state index in [0.717, 1.165) is 26.1 Å². The summed E-state index contributed by atoms with van der Waals surface area (Å²) in [5.74, 6) is 1.73. The first-order valence-corrected chi connectivity index (χ1v) is 12.4. The van der Waals surface area contributed by atoms with E-state index in [1.807, 2.05) is 60.7 Å². The van der Waals surface area contributed by atoms with E-state index in [4.69, 9.17) is 25.8 Å². The number of hydrogen-bond donors (Lipinski definition) is 1. The predicted octanol–water partition coefficient (Wildman–Crippen LogP) is 6.43. The van der Waals surface area contributed by atoms with E-state index in [0.29, 0.717) is 33.2 Å². The lowest BCUT2D eigenvalue weighted by molar-refractivity contribution is -0.115. The highest BCUT2D eigenvalue weighted by molar-refractivity contribution is 14.1. The van der Waals surface area contributed by atoms with Gasteiger partial charge in [0.15, 0.2) is 16.7 Å². The van der Waals surface area contributed by atoms with Crippen LogP contribution in [0.5, 0.6) is 17.2 Å². The van der Waals surface area contributed by atoms with Gasteiger partial charge in [0.2, 0.25) is 0 Å². The summed E-state index contributed by atoms with van der Waals surface area (Å²) >= 11 is 9.71. The molecule has 6 nitrogen and oxygen atoms in total. The molecule has 0 aromatic heterocycles. The molecule has 0 radical (unpaired) electrons. The molecule has 1 amide bonds. The van der Waals surface area contributed by atoms with Crippen molar-refractivity contribution in [1.82, 2.24) is 5.32 Å². The molecule has 0 unspecified atom stereocenters. The molecule has 174 valence electrons. The number of rotatable bonds is 7. The molecule has 4 rings (SSSR count). The minimum atomic E-state index is -0.203. The normalized spacial score (nSPS) is 15.5. The van der Waals surface area contributed by atoms with E-state index in [1.165, 1.54) is 11.8 Å². The van der Waals surface area contributed by atoms with Crippen LogP contribution in [0.3, 0.4) is 0 Å². The van der Waals surface area contributed by atoms with Gasteiger partial charge in [0.05, 0.1) is 28.4 Å². The van der Waals surface area contributed by atoms with Gasteiger partial charge in [-0.3, -0.25) is 4.79 Å². The van der Waals surface area contributed by atoms with Crippen LogP contribution < -0.4 is 19.5 Å². The number of methoxy groups -OCH3 is 2. The number of amidine groups is 1. The summed E-state index contributed by atoms with van der Waals surface area (Å²) < 4.78 is 17.6. The molecule has 1 heterocycles. The topological polar surface area (TPSA) is 69.2 Å². The number of nitrogens with zero attached hydrogens (tertiary/aromatic N) is 1. The van der Waals surface area contributed by atoms with Crippen molar-refractivity contribution in [2.24, 2.45) is 4.99 Å². The van der Waals surface area contributed by atoms with Crippen molar-refractivity contribution in [1.29, 1.82) is 0 Å². The predicted molar refractivity (Wildman–Crippen MR) is 145 cm³/mol. The van der Waals surface area contributed by atoms with Gasteiger partial charge in [-0.15, -0.1) is 0 Å². The first-order chi connectivity index (χ1) is 16.5. The first-order valence-electron chi connectivity index (χ1n) is 10.1. The molecule has 0 bridgehead atoms. The molecule has 3 aromatic rings. The molecule has 3 aromatic carbocycles. The zero-order valence-electron chi connectivity index (χ0n) is 18.3. The van der Waals surface area contributed by atoms with Crippen LogP contribution in [0.2, 0.25) is 5.02 Å². The van der Waals surface area contributed by atoms with Crippen LogP contribution in [0.15, 0.2) is 70.6 Å². The van der Waals surface area contributed by atoms with Crippen LogP contribution in [-0.2, 0) is 11.4 Å². The lowest BCUT2D eigenvalue weighted by Crippen LogP contribution is -2.19. The fourth-order valence-electron chi connectivity index (χ4n) is 3.13. The van der Waals surface area contributed by atoms with Crippen LogP contribution >= 0.6 is 46.0 Å². The highest BCUT2D eigenvalue weighted by Gasteiger charge is 2.24. The van der Waals surface area contributed by atoms with Gasteiger partial charge in [-0.25, -0.2) is 4.99 Å². The van der Waals surface area contributed by atoms with E-state index in [9.17, 15) is 4.79 Å². The number of thioether (sulfide) groups is 1. The van der Waals surface area contributed by atoms with Crippen molar-refractivity contribution in [3.8, 4) is 17.2 Å². The molecule has 34 heavy (non-hydrogen) atoms. The SMILES string of the molecule is COc1ccc(N=C2NC(=O)/C(=C/c3cc(I)c(OCc4ccccc4Cl)c(OC)c3)S2)cc1. The van der Waals surface area contributed by atoms with Crippen LogP contribution in [0.25, 0.3) is 6.08 Å². The number of ether oxygens (including phenoxy) is 3. The molecule has 9 heteroatoms. The number of hydrogen-bond acceptors (Lipinski definition) is 6. The molecule has 1 N–H and O–H groups in total. The third-order valence-corrected chi connectivity index (χ3v) is 6.91. The van der Waals surface area contributed by atoms with Crippen molar-refractivity contribution in [2.75, 3.05) is 14.2 Å². The van der Waals surface area contributed by atoms with Gasteiger partial charge in [-0.2, -0.15) is 0 Å². The average Bonchev–Trinajstić information content (AvgIpc) is 3.17. The second-order valence-electron chi connectivity index (χ2n) is 7.09. The number of carbonyl (C=O) groups is 1. The summed E-state index contributed by atoms with van der Waals surface area (Å²) in [6.45, 7) is 0.315. The summed E-state index contributed by atoms with van der Waals surface area (Å²) in [5.41, 5.74) is 2.42. The minimum Gasteiger partial charge on any atom is -0.497 e. The molecule has 1 aliphatic rings. The van der Waals surface area contributed by atoms with Crippen molar-refractivity contribution < 1.29 is 19.0 Å². The summed E-state index contributed by atoms with van der Waals surface area (Å²) in [4.78, 5) is 17.5. The Kier molecular flexibility index (Phi) is 8.02. The third-order valence-electron chi connectivity index (χ3n) is 4.83.